The summed E-state index contributed by atoms with van der Waals surface area (Å²) in [4.78, 5) is 10.1. The van der Waals surface area contributed by atoms with Gasteiger partial charge in [0.2, 0.25) is 0 Å². The molecule has 0 amide bonds. The molecule has 1 rings (SSSR count). The Bertz CT molecular complexity index is 113. The van der Waals surface area contributed by atoms with E-state index < -0.39 is 5.97 Å². The summed E-state index contributed by atoms with van der Waals surface area (Å²) >= 11 is 2.23. The number of aliphatic carboxylic acids is 1. The Morgan fingerprint density at radius 2 is 2.50 bits per heavy atom. The van der Waals surface area contributed by atoms with Gasteiger partial charge in [0.1, 0.15) is 0 Å². The molecule has 0 aromatic heterocycles. The normalized spacial score (nSPS) is 34.6. The number of hydrogen-bond donors (Lipinski definition) is 1. The van der Waals surface area contributed by atoms with Crippen molar-refractivity contribution >= 4 is 28.6 Å². The summed E-state index contributed by atoms with van der Waals surface area (Å²) in [7, 11) is 0. The van der Waals surface area contributed by atoms with E-state index in [-0.39, 0.29) is 5.92 Å². The number of alkyl halides is 1. The molecule has 1 aliphatic rings. The van der Waals surface area contributed by atoms with Gasteiger partial charge in [0.05, 0.1) is 5.92 Å². The van der Waals surface area contributed by atoms with Gasteiger partial charge in [-0.05, 0) is 12.3 Å². The third-order valence-electron chi connectivity index (χ3n) is 1.44. The van der Waals surface area contributed by atoms with Crippen molar-refractivity contribution in [1.29, 1.82) is 0 Å². The molecule has 1 saturated carbocycles. The largest absolute Gasteiger partial charge is 0.481 e. The third-order valence-corrected chi connectivity index (χ3v) is 2.57. The van der Waals surface area contributed by atoms with Crippen LogP contribution in [0.15, 0.2) is 0 Å². The molecule has 2 atom stereocenters. The Kier molecular flexibility index (Phi) is 1.74. The zero-order valence-corrected chi connectivity index (χ0v) is 6.46. The quantitative estimate of drug-likeness (QED) is 0.566. The van der Waals surface area contributed by atoms with Crippen LogP contribution in [-0.4, -0.2) is 15.5 Å². The molecular weight excluding hydrogens is 219 g/mol. The molecule has 0 radical (unpaired) electrons. The number of carboxylic acids is 1. The lowest BCUT2D eigenvalue weighted by Crippen LogP contribution is -1.99. The molecule has 0 saturated heterocycles. The van der Waals surface area contributed by atoms with Crippen molar-refractivity contribution in [2.24, 2.45) is 11.8 Å². The van der Waals surface area contributed by atoms with Crippen LogP contribution < -0.4 is 0 Å². The maximum Gasteiger partial charge on any atom is 0.306 e. The second-order valence-electron chi connectivity index (χ2n) is 2.09. The van der Waals surface area contributed by atoms with Crippen LogP contribution in [0.4, 0.5) is 0 Å². The lowest BCUT2D eigenvalue weighted by molar-refractivity contribution is -0.138. The molecular formula is C5H7IO2. The molecule has 0 spiro atoms. The highest BCUT2D eigenvalue weighted by Gasteiger charge is 2.41. The topological polar surface area (TPSA) is 37.3 Å². The van der Waals surface area contributed by atoms with Gasteiger partial charge in [0, 0.05) is 4.43 Å². The summed E-state index contributed by atoms with van der Waals surface area (Å²) in [5.74, 6) is -0.147. The van der Waals surface area contributed by atoms with Crippen molar-refractivity contribution in [2.45, 2.75) is 6.42 Å². The van der Waals surface area contributed by atoms with E-state index in [4.69, 9.17) is 5.11 Å². The van der Waals surface area contributed by atoms with Crippen LogP contribution >= 0.6 is 22.6 Å². The van der Waals surface area contributed by atoms with Crippen molar-refractivity contribution in [1.82, 2.24) is 0 Å². The van der Waals surface area contributed by atoms with E-state index in [2.05, 4.69) is 22.6 Å². The van der Waals surface area contributed by atoms with Gasteiger partial charge in [0.25, 0.3) is 0 Å². The number of carboxylic acid groups (broad SMARTS) is 1. The molecule has 0 aromatic carbocycles. The van der Waals surface area contributed by atoms with Crippen LogP contribution in [-0.2, 0) is 4.79 Å². The zero-order chi connectivity index (χ0) is 6.15. The summed E-state index contributed by atoms with van der Waals surface area (Å²) in [6.07, 6.45) is 0.901. The first-order valence-corrected chi connectivity index (χ1v) is 4.07. The molecule has 0 aliphatic heterocycles. The van der Waals surface area contributed by atoms with E-state index in [9.17, 15) is 4.79 Å². The van der Waals surface area contributed by atoms with Gasteiger partial charge in [-0.2, -0.15) is 0 Å². The van der Waals surface area contributed by atoms with E-state index in [1.165, 1.54) is 0 Å². The van der Waals surface area contributed by atoms with Crippen molar-refractivity contribution < 1.29 is 9.90 Å². The van der Waals surface area contributed by atoms with Gasteiger partial charge >= 0.3 is 5.97 Å². The van der Waals surface area contributed by atoms with Crippen LogP contribution in [0.5, 0.6) is 0 Å². The van der Waals surface area contributed by atoms with Crippen LogP contribution in [0.25, 0.3) is 0 Å². The molecule has 0 aromatic rings. The summed E-state index contributed by atoms with van der Waals surface area (Å²) in [5, 5.41) is 8.35. The van der Waals surface area contributed by atoms with Crippen LogP contribution in [0.3, 0.4) is 0 Å². The Balaban J connectivity index is 2.26. The standard InChI is InChI=1S/C5H7IO2/c6-2-3-1-4(3)5(7)8/h3-4H,1-2H2,(H,7,8). The van der Waals surface area contributed by atoms with E-state index in [1.807, 2.05) is 0 Å². The Hall–Kier alpha value is 0.200. The van der Waals surface area contributed by atoms with Gasteiger partial charge in [-0.25, -0.2) is 0 Å². The molecule has 8 heavy (non-hydrogen) atoms. The predicted molar refractivity (Wildman–Crippen MR) is 38.1 cm³/mol. The number of carbonyl (C=O) groups is 1. The van der Waals surface area contributed by atoms with Crippen LogP contribution in [0.1, 0.15) is 6.42 Å². The van der Waals surface area contributed by atoms with Gasteiger partial charge < -0.3 is 5.11 Å². The monoisotopic (exact) mass is 226 g/mol. The molecule has 1 N–H and O–H groups in total. The first-order chi connectivity index (χ1) is 3.75. The average molecular weight is 226 g/mol. The maximum absolute atomic E-state index is 10.1. The second-order valence-corrected chi connectivity index (χ2v) is 2.98. The summed E-state index contributed by atoms with van der Waals surface area (Å²) in [6, 6.07) is 0. The number of hydrogen-bond acceptors (Lipinski definition) is 1. The number of halogens is 1. The summed E-state index contributed by atoms with van der Waals surface area (Å²) in [5.41, 5.74) is 0. The minimum Gasteiger partial charge on any atom is -0.481 e. The molecule has 1 aliphatic carbocycles. The van der Waals surface area contributed by atoms with Crippen molar-refractivity contribution in [3.63, 3.8) is 0 Å². The lowest BCUT2D eigenvalue weighted by atomic mass is 10.3. The average Bonchev–Trinajstić information content (AvgIpc) is 2.42. The molecule has 1 fully saturated rings. The van der Waals surface area contributed by atoms with Gasteiger partial charge in [-0.3, -0.25) is 4.79 Å². The van der Waals surface area contributed by atoms with Crippen LogP contribution in [0.2, 0.25) is 0 Å². The fourth-order valence-corrected chi connectivity index (χ4v) is 1.69. The summed E-state index contributed by atoms with van der Waals surface area (Å²) < 4.78 is 0.995. The van der Waals surface area contributed by atoms with E-state index in [0.717, 1.165) is 10.8 Å². The van der Waals surface area contributed by atoms with E-state index in [1.54, 1.807) is 0 Å². The molecule has 2 unspecified atom stereocenters. The van der Waals surface area contributed by atoms with Gasteiger partial charge in [0.15, 0.2) is 0 Å². The molecule has 2 nitrogen and oxygen atoms in total. The Morgan fingerprint density at radius 3 is 2.62 bits per heavy atom. The number of rotatable bonds is 2. The molecule has 0 heterocycles. The van der Waals surface area contributed by atoms with Crippen molar-refractivity contribution in [3.05, 3.63) is 0 Å². The molecule has 3 heteroatoms. The second kappa shape index (κ2) is 2.21. The lowest BCUT2D eigenvalue weighted by Gasteiger charge is -1.83. The first-order valence-electron chi connectivity index (χ1n) is 2.54. The fourth-order valence-electron chi connectivity index (χ4n) is 0.721. The van der Waals surface area contributed by atoms with Crippen LogP contribution in [0, 0.1) is 11.8 Å². The highest BCUT2D eigenvalue weighted by Crippen LogP contribution is 2.39. The summed E-state index contributed by atoms with van der Waals surface area (Å²) in [6.45, 7) is 0. The zero-order valence-electron chi connectivity index (χ0n) is 4.30. The van der Waals surface area contributed by atoms with E-state index in [0.29, 0.717) is 5.92 Å². The SMILES string of the molecule is O=C(O)C1CC1CI. The smallest absolute Gasteiger partial charge is 0.306 e. The highest BCUT2D eigenvalue weighted by atomic mass is 127. The first kappa shape index (κ1) is 6.32. The molecule has 46 valence electrons. The minimum atomic E-state index is -0.619. The highest BCUT2D eigenvalue weighted by molar-refractivity contribution is 14.1. The van der Waals surface area contributed by atoms with Crippen molar-refractivity contribution in [2.75, 3.05) is 4.43 Å². The van der Waals surface area contributed by atoms with Gasteiger partial charge in [-0.15, -0.1) is 0 Å². The fraction of sp³-hybridized carbons (Fsp3) is 0.800. The van der Waals surface area contributed by atoms with Gasteiger partial charge in [-0.1, -0.05) is 22.6 Å². The van der Waals surface area contributed by atoms with E-state index >= 15 is 0 Å². The minimum absolute atomic E-state index is 0.00750. The third kappa shape index (κ3) is 1.13. The molecule has 0 bridgehead atoms. The predicted octanol–water partition coefficient (Wildman–Crippen LogP) is 1.14. The van der Waals surface area contributed by atoms with Crippen molar-refractivity contribution in [3.8, 4) is 0 Å². The maximum atomic E-state index is 10.1. The Morgan fingerprint density at radius 1 is 1.88 bits per heavy atom. The Labute approximate surface area is 61.4 Å².